The summed E-state index contributed by atoms with van der Waals surface area (Å²) in [5.41, 5.74) is 2.84. The molecule has 0 unspecified atom stereocenters. The van der Waals surface area contributed by atoms with Gasteiger partial charge in [-0.3, -0.25) is 15.4 Å². The number of carbonyl (C=O) groups is 2. The summed E-state index contributed by atoms with van der Waals surface area (Å²) in [4.78, 5) is 24.6. The van der Waals surface area contributed by atoms with Gasteiger partial charge in [-0.25, -0.2) is 4.79 Å². The fraction of sp³-hybridized carbons (Fsp3) is 0.130. The molecule has 0 aliphatic carbocycles. The van der Waals surface area contributed by atoms with Gasteiger partial charge < -0.3 is 5.32 Å². The highest BCUT2D eigenvalue weighted by molar-refractivity contribution is 5.97. The SMILES string of the molecule is CNC(=O)NC(=O)[C@H](NC(c1ccccc1)c1ccccc1)c1ccccc1. The van der Waals surface area contributed by atoms with Gasteiger partial charge in [0.25, 0.3) is 0 Å². The average Bonchev–Trinajstić information content (AvgIpc) is 2.76. The van der Waals surface area contributed by atoms with Gasteiger partial charge in [0, 0.05) is 7.05 Å². The summed E-state index contributed by atoms with van der Waals surface area (Å²) >= 11 is 0. The first-order valence-electron chi connectivity index (χ1n) is 9.12. The van der Waals surface area contributed by atoms with E-state index in [2.05, 4.69) is 16.0 Å². The largest absolute Gasteiger partial charge is 0.341 e. The Balaban J connectivity index is 1.98. The van der Waals surface area contributed by atoms with Crippen LogP contribution in [0.2, 0.25) is 0 Å². The van der Waals surface area contributed by atoms with Crippen LogP contribution in [-0.4, -0.2) is 19.0 Å². The molecule has 1 atom stereocenters. The third kappa shape index (κ3) is 4.84. The molecule has 3 aromatic rings. The summed E-state index contributed by atoms with van der Waals surface area (Å²) in [6.45, 7) is 0. The topological polar surface area (TPSA) is 70.2 Å². The number of benzene rings is 3. The predicted molar refractivity (Wildman–Crippen MR) is 110 cm³/mol. The molecule has 0 saturated carbocycles. The molecule has 0 radical (unpaired) electrons. The minimum atomic E-state index is -0.705. The molecule has 3 amide bonds. The van der Waals surface area contributed by atoms with Gasteiger partial charge in [0.05, 0.1) is 6.04 Å². The van der Waals surface area contributed by atoms with Crippen molar-refractivity contribution in [1.29, 1.82) is 0 Å². The second-order valence-corrected chi connectivity index (χ2v) is 6.33. The smallest absolute Gasteiger partial charge is 0.321 e. The Bertz CT molecular complexity index is 859. The number of rotatable bonds is 6. The lowest BCUT2D eigenvalue weighted by molar-refractivity contribution is -0.122. The van der Waals surface area contributed by atoms with Crippen LogP contribution < -0.4 is 16.0 Å². The second-order valence-electron chi connectivity index (χ2n) is 6.33. The molecule has 3 N–H and O–H groups in total. The number of amides is 3. The molecule has 0 heterocycles. The van der Waals surface area contributed by atoms with E-state index in [0.717, 1.165) is 16.7 Å². The molecule has 5 nitrogen and oxygen atoms in total. The number of hydrogen-bond acceptors (Lipinski definition) is 3. The number of urea groups is 1. The van der Waals surface area contributed by atoms with Gasteiger partial charge >= 0.3 is 6.03 Å². The number of hydrogen-bond donors (Lipinski definition) is 3. The maximum Gasteiger partial charge on any atom is 0.321 e. The molecule has 0 aliphatic heterocycles. The molecule has 0 aliphatic rings. The van der Waals surface area contributed by atoms with Gasteiger partial charge in [-0.1, -0.05) is 91.0 Å². The molecule has 0 spiro atoms. The highest BCUT2D eigenvalue weighted by atomic mass is 16.2. The van der Waals surface area contributed by atoms with Gasteiger partial charge in [0.1, 0.15) is 6.04 Å². The van der Waals surface area contributed by atoms with Crippen LogP contribution in [0.3, 0.4) is 0 Å². The minimum absolute atomic E-state index is 0.219. The summed E-state index contributed by atoms with van der Waals surface area (Å²) < 4.78 is 0. The third-order valence-corrected chi connectivity index (χ3v) is 4.46. The summed E-state index contributed by atoms with van der Waals surface area (Å²) in [7, 11) is 1.48. The normalized spacial score (nSPS) is 11.6. The van der Waals surface area contributed by atoms with Crippen molar-refractivity contribution in [1.82, 2.24) is 16.0 Å². The first-order valence-corrected chi connectivity index (χ1v) is 9.12. The Hall–Kier alpha value is -3.44. The van der Waals surface area contributed by atoms with Crippen molar-refractivity contribution in [3.8, 4) is 0 Å². The molecule has 3 rings (SSSR count). The van der Waals surface area contributed by atoms with E-state index in [0.29, 0.717) is 0 Å². The summed E-state index contributed by atoms with van der Waals surface area (Å²) in [6, 6.07) is 27.8. The van der Waals surface area contributed by atoms with Gasteiger partial charge in [-0.05, 0) is 16.7 Å². The van der Waals surface area contributed by atoms with Crippen molar-refractivity contribution < 1.29 is 9.59 Å². The van der Waals surface area contributed by atoms with Crippen LogP contribution in [0.4, 0.5) is 4.79 Å². The fourth-order valence-electron chi connectivity index (χ4n) is 3.06. The van der Waals surface area contributed by atoms with Crippen LogP contribution in [-0.2, 0) is 4.79 Å². The van der Waals surface area contributed by atoms with Crippen molar-refractivity contribution in [2.24, 2.45) is 0 Å². The van der Waals surface area contributed by atoms with E-state index >= 15 is 0 Å². The minimum Gasteiger partial charge on any atom is -0.341 e. The lowest BCUT2D eigenvalue weighted by atomic mass is 9.96. The summed E-state index contributed by atoms with van der Waals surface area (Å²) in [5, 5.41) is 8.25. The molecule has 142 valence electrons. The monoisotopic (exact) mass is 373 g/mol. The molecule has 0 fully saturated rings. The molecular formula is C23H23N3O2. The van der Waals surface area contributed by atoms with E-state index in [4.69, 9.17) is 0 Å². The van der Waals surface area contributed by atoms with Crippen LogP contribution in [0.15, 0.2) is 91.0 Å². The van der Waals surface area contributed by atoms with Crippen LogP contribution >= 0.6 is 0 Å². The van der Waals surface area contributed by atoms with Gasteiger partial charge in [0.15, 0.2) is 0 Å². The fourth-order valence-corrected chi connectivity index (χ4v) is 3.06. The van der Waals surface area contributed by atoms with Gasteiger partial charge in [-0.15, -0.1) is 0 Å². The van der Waals surface area contributed by atoms with Crippen LogP contribution in [0.25, 0.3) is 0 Å². The van der Waals surface area contributed by atoms with Crippen molar-refractivity contribution in [3.05, 3.63) is 108 Å². The van der Waals surface area contributed by atoms with Gasteiger partial charge in [0.2, 0.25) is 5.91 Å². The molecule has 5 heteroatoms. The Kier molecular flexibility index (Phi) is 6.54. The van der Waals surface area contributed by atoms with Crippen LogP contribution in [0, 0.1) is 0 Å². The molecule has 0 bridgehead atoms. The van der Waals surface area contributed by atoms with E-state index in [-0.39, 0.29) is 6.04 Å². The van der Waals surface area contributed by atoms with Crippen molar-refractivity contribution in [3.63, 3.8) is 0 Å². The molecule has 3 aromatic carbocycles. The highest BCUT2D eigenvalue weighted by Gasteiger charge is 2.26. The Morgan fingerprint density at radius 3 is 1.54 bits per heavy atom. The summed E-state index contributed by atoms with van der Waals surface area (Å²) in [6.07, 6.45) is 0. The molecular weight excluding hydrogens is 350 g/mol. The number of nitrogens with one attached hydrogen (secondary N) is 3. The molecule has 28 heavy (non-hydrogen) atoms. The highest BCUT2D eigenvalue weighted by Crippen LogP contribution is 2.26. The predicted octanol–water partition coefficient (Wildman–Crippen LogP) is 3.56. The zero-order valence-electron chi connectivity index (χ0n) is 15.6. The first kappa shape index (κ1) is 19.3. The van der Waals surface area contributed by atoms with Crippen molar-refractivity contribution >= 4 is 11.9 Å². The second kappa shape index (κ2) is 9.48. The standard InChI is InChI=1S/C23H23N3O2/c1-24-23(28)26-22(27)21(19-15-9-4-10-16-19)25-20(17-11-5-2-6-12-17)18-13-7-3-8-14-18/h2-16,20-21,25H,1H3,(H2,24,26,27,28)/t21-/m1/s1. The lowest BCUT2D eigenvalue weighted by Gasteiger charge is -2.26. The Morgan fingerprint density at radius 1 is 0.679 bits per heavy atom. The maximum atomic E-state index is 12.9. The number of carbonyl (C=O) groups excluding carboxylic acids is 2. The average molecular weight is 373 g/mol. The zero-order valence-corrected chi connectivity index (χ0v) is 15.6. The van der Waals surface area contributed by atoms with Gasteiger partial charge in [-0.2, -0.15) is 0 Å². The van der Waals surface area contributed by atoms with E-state index < -0.39 is 18.0 Å². The van der Waals surface area contributed by atoms with E-state index in [1.54, 1.807) is 0 Å². The maximum absolute atomic E-state index is 12.9. The summed E-state index contributed by atoms with van der Waals surface area (Å²) in [5.74, 6) is -0.414. The van der Waals surface area contributed by atoms with Crippen LogP contribution in [0.1, 0.15) is 28.8 Å². The van der Waals surface area contributed by atoms with Crippen molar-refractivity contribution in [2.75, 3.05) is 7.05 Å². The van der Waals surface area contributed by atoms with Crippen molar-refractivity contribution in [2.45, 2.75) is 12.1 Å². The van der Waals surface area contributed by atoms with E-state index in [1.165, 1.54) is 7.05 Å². The third-order valence-electron chi connectivity index (χ3n) is 4.46. The molecule has 0 saturated heterocycles. The van der Waals surface area contributed by atoms with E-state index in [1.807, 2.05) is 91.0 Å². The number of imide groups is 1. The first-order chi connectivity index (χ1) is 13.7. The lowest BCUT2D eigenvalue weighted by Crippen LogP contribution is -2.45. The Morgan fingerprint density at radius 2 is 1.11 bits per heavy atom. The quantitative estimate of drug-likeness (QED) is 0.619. The molecule has 0 aromatic heterocycles. The van der Waals surface area contributed by atoms with Crippen LogP contribution in [0.5, 0.6) is 0 Å². The Labute approximate surface area is 164 Å². The van der Waals surface area contributed by atoms with E-state index in [9.17, 15) is 9.59 Å². The zero-order chi connectivity index (χ0) is 19.8.